The van der Waals surface area contributed by atoms with Crippen LogP contribution in [-0.2, 0) is 6.54 Å². The molecule has 0 bridgehead atoms. The molecule has 0 aliphatic carbocycles. The van der Waals surface area contributed by atoms with Crippen molar-refractivity contribution >= 4 is 6.03 Å². The van der Waals surface area contributed by atoms with Gasteiger partial charge in [0, 0.05) is 31.5 Å². The molecule has 88 valence electrons. The Morgan fingerprint density at radius 2 is 2.31 bits per heavy atom. The second-order valence-corrected chi connectivity index (χ2v) is 3.92. The lowest BCUT2D eigenvalue weighted by molar-refractivity contribution is 0.180. The minimum Gasteiger partial charge on any atom is -0.338 e. The summed E-state index contributed by atoms with van der Waals surface area (Å²) >= 11 is 0. The zero-order valence-electron chi connectivity index (χ0n) is 10.1. The molecule has 1 N–H and O–H groups in total. The van der Waals surface area contributed by atoms with Crippen LogP contribution in [0.1, 0.15) is 26.3 Å². The van der Waals surface area contributed by atoms with Gasteiger partial charge in [0.25, 0.3) is 0 Å². The Bertz CT molecular complexity index is 324. The Morgan fingerprint density at radius 3 is 2.81 bits per heavy atom. The fraction of sp³-hybridized carbons (Fsp3) is 0.500. The van der Waals surface area contributed by atoms with Gasteiger partial charge in [0.15, 0.2) is 0 Å². The Labute approximate surface area is 96.7 Å². The van der Waals surface area contributed by atoms with E-state index >= 15 is 0 Å². The zero-order valence-corrected chi connectivity index (χ0v) is 10.1. The van der Waals surface area contributed by atoms with Crippen molar-refractivity contribution in [3.63, 3.8) is 0 Å². The van der Waals surface area contributed by atoms with Gasteiger partial charge in [-0.1, -0.05) is 6.07 Å². The first-order valence-electron chi connectivity index (χ1n) is 5.58. The standard InChI is InChI=1S/C12H19N3O/c1-4-14-12(16)15(10(2)3)9-11-6-5-7-13-8-11/h5-8,10H,4,9H2,1-3H3,(H,14,16). The van der Waals surface area contributed by atoms with Crippen LogP contribution in [0.15, 0.2) is 24.5 Å². The molecular weight excluding hydrogens is 202 g/mol. The Balaban J connectivity index is 2.69. The highest BCUT2D eigenvalue weighted by Gasteiger charge is 2.16. The lowest BCUT2D eigenvalue weighted by atomic mass is 10.2. The third kappa shape index (κ3) is 3.53. The predicted octanol–water partition coefficient (Wildman–Crippen LogP) is 2.02. The summed E-state index contributed by atoms with van der Waals surface area (Å²) in [4.78, 5) is 17.6. The van der Waals surface area contributed by atoms with E-state index < -0.39 is 0 Å². The van der Waals surface area contributed by atoms with Gasteiger partial charge in [0.1, 0.15) is 0 Å². The second-order valence-electron chi connectivity index (χ2n) is 3.92. The number of rotatable bonds is 4. The van der Waals surface area contributed by atoms with Crippen LogP contribution in [0.2, 0.25) is 0 Å². The molecule has 1 rings (SSSR count). The number of nitrogens with zero attached hydrogens (tertiary/aromatic N) is 2. The summed E-state index contributed by atoms with van der Waals surface area (Å²) in [7, 11) is 0. The SMILES string of the molecule is CCNC(=O)N(Cc1cccnc1)C(C)C. The molecule has 0 aliphatic rings. The number of hydrogen-bond acceptors (Lipinski definition) is 2. The summed E-state index contributed by atoms with van der Waals surface area (Å²) < 4.78 is 0. The molecular formula is C12H19N3O. The average molecular weight is 221 g/mol. The average Bonchev–Trinajstić information content (AvgIpc) is 2.27. The number of carbonyl (C=O) groups excluding carboxylic acids is 1. The predicted molar refractivity (Wildman–Crippen MR) is 64.0 cm³/mol. The minimum absolute atomic E-state index is 0.0265. The number of nitrogens with one attached hydrogen (secondary N) is 1. The largest absolute Gasteiger partial charge is 0.338 e. The van der Waals surface area contributed by atoms with Crippen LogP contribution in [0.4, 0.5) is 4.79 Å². The summed E-state index contributed by atoms with van der Waals surface area (Å²) in [6, 6.07) is 4.00. The van der Waals surface area contributed by atoms with E-state index in [9.17, 15) is 4.79 Å². The second kappa shape index (κ2) is 6.10. The van der Waals surface area contributed by atoms with E-state index in [4.69, 9.17) is 0 Å². The molecule has 4 nitrogen and oxygen atoms in total. The third-order valence-corrected chi connectivity index (χ3v) is 2.29. The van der Waals surface area contributed by atoms with Gasteiger partial charge in [-0.3, -0.25) is 4.98 Å². The van der Waals surface area contributed by atoms with Crippen LogP contribution in [0.5, 0.6) is 0 Å². The summed E-state index contributed by atoms with van der Waals surface area (Å²) in [6.45, 7) is 7.17. The molecule has 0 aromatic carbocycles. The van der Waals surface area contributed by atoms with Gasteiger partial charge in [-0.05, 0) is 32.4 Å². The Kier molecular flexibility index (Phi) is 4.76. The highest BCUT2D eigenvalue weighted by molar-refractivity contribution is 5.74. The number of pyridine rings is 1. The Hall–Kier alpha value is -1.58. The van der Waals surface area contributed by atoms with Crippen molar-refractivity contribution in [2.24, 2.45) is 0 Å². The zero-order chi connectivity index (χ0) is 12.0. The van der Waals surface area contributed by atoms with Gasteiger partial charge < -0.3 is 10.2 Å². The van der Waals surface area contributed by atoms with Crippen molar-refractivity contribution < 1.29 is 4.79 Å². The molecule has 0 fully saturated rings. The van der Waals surface area contributed by atoms with Gasteiger partial charge >= 0.3 is 6.03 Å². The summed E-state index contributed by atoms with van der Waals surface area (Å²) in [5, 5.41) is 2.81. The lowest BCUT2D eigenvalue weighted by Crippen LogP contribution is -2.43. The van der Waals surface area contributed by atoms with Crippen molar-refractivity contribution in [2.45, 2.75) is 33.4 Å². The molecule has 0 spiro atoms. The van der Waals surface area contributed by atoms with Crippen LogP contribution in [0, 0.1) is 0 Å². The molecule has 0 atom stereocenters. The van der Waals surface area contributed by atoms with Crippen LogP contribution in [0.25, 0.3) is 0 Å². The molecule has 4 heteroatoms. The molecule has 1 aromatic rings. The van der Waals surface area contributed by atoms with Gasteiger partial charge in [0.2, 0.25) is 0 Å². The van der Waals surface area contributed by atoms with E-state index in [0.717, 1.165) is 5.56 Å². The first kappa shape index (κ1) is 12.5. The van der Waals surface area contributed by atoms with Gasteiger partial charge in [-0.25, -0.2) is 4.79 Å². The highest BCUT2D eigenvalue weighted by Crippen LogP contribution is 2.07. The molecule has 0 aliphatic heterocycles. The molecule has 1 heterocycles. The smallest absolute Gasteiger partial charge is 0.317 e. The summed E-state index contributed by atoms with van der Waals surface area (Å²) in [6.07, 6.45) is 3.52. The summed E-state index contributed by atoms with van der Waals surface area (Å²) in [5.74, 6) is 0. The van der Waals surface area contributed by atoms with Crippen LogP contribution in [0.3, 0.4) is 0 Å². The number of hydrogen-bond donors (Lipinski definition) is 1. The first-order valence-corrected chi connectivity index (χ1v) is 5.58. The fourth-order valence-electron chi connectivity index (χ4n) is 1.43. The maximum atomic E-state index is 11.8. The van der Waals surface area contributed by atoms with Crippen molar-refractivity contribution in [1.29, 1.82) is 0 Å². The number of aromatic nitrogens is 1. The maximum Gasteiger partial charge on any atom is 0.317 e. The summed E-state index contributed by atoms with van der Waals surface area (Å²) in [5.41, 5.74) is 1.04. The minimum atomic E-state index is -0.0265. The van der Waals surface area contributed by atoms with Gasteiger partial charge in [-0.15, -0.1) is 0 Å². The highest BCUT2D eigenvalue weighted by atomic mass is 16.2. The molecule has 16 heavy (non-hydrogen) atoms. The number of carbonyl (C=O) groups is 1. The Morgan fingerprint density at radius 1 is 1.56 bits per heavy atom. The van der Waals surface area contributed by atoms with Crippen molar-refractivity contribution in [2.75, 3.05) is 6.54 Å². The van der Waals surface area contributed by atoms with E-state index in [2.05, 4.69) is 10.3 Å². The fourth-order valence-corrected chi connectivity index (χ4v) is 1.43. The monoisotopic (exact) mass is 221 g/mol. The van der Waals surface area contributed by atoms with Crippen LogP contribution in [-0.4, -0.2) is 28.5 Å². The number of urea groups is 1. The van der Waals surface area contributed by atoms with Crippen LogP contribution >= 0.6 is 0 Å². The van der Waals surface area contributed by atoms with Crippen molar-refractivity contribution in [3.8, 4) is 0 Å². The molecule has 0 radical (unpaired) electrons. The first-order chi connectivity index (χ1) is 7.65. The van der Waals surface area contributed by atoms with Gasteiger partial charge in [0.05, 0.1) is 0 Å². The molecule has 0 unspecified atom stereocenters. The van der Waals surface area contributed by atoms with E-state index in [1.54, 1.807) is 17.3 Å². The van der Waals surface area contributed by atoms with Crippen LogP contribution < -0.4 is 5.32 Å². The number of amides is 2. The molecule has 0 saturated carbocycles. The van der Waals surface area contributed by atoms with E-state index in [0.29, 0.717) is 13.1 Å². The van der Waals surface area contributed by atoms with E-state index in [1.165, 1.54) is 0 Å². The molecule has 0 saturated heterocycles. The normalized spacial score (nSPS) is 10.2. The third-order valence-electron chi connectivity index (χ3n) is 2.29. The van der Waals surface area contributed by atoms with Crippen molar-refractivity contribution in [3.05, 3.63) is 30.1 Å². The van der Waals surface area contributed by atoms with Gasteiger partial charge in [-0.2, -0.15) is 0 Å². The maximum absolute atomic E-state index is 11.8. The lowest BCUT2D eigenvalue weighted by Gasteiger charge is -2.26. The topological polar surface area (TPSA) is 45.2 Å². The molecule has 2 amide bonds. The van der Waals surface area contributed by atoms with Crippen molar-refractivity contribution in [1.82, 2.24) is 15.2 Å². The van der Waals surface area contributed by atoms with E-state index in [1.807, 2.05) is 32.9 Å². The molecule has 1 aromatic heterocycles. The quantitative estimate of drug-likeness (QED) is 0.845. The van der Waals surface area contributed by atoms with E-state index in [-0.39, 0.29) is 12.1 Å².